The van der Waals surface area contributed by atoms with Crippen molar-refractivity contribution in [2.45, 2.75) is 62.2 Å². The predicted octanol–water partition coefficient (Wildman–Crippen LogP) is 2.90. The first-order valence-electron chi connectivity index (χ1n) is 10.9. The van der Waals surface area contributed by atoms with E-state index in [0.29, 0.717) is 32.4 Å². The molecule has 0 aromatic heterocycles. The molecule has 170 valence electrons. The van der Waals surface area contributed by atoms with Crippen LogP contribution in [-0.2, 0) is 25.5 Å². The molecule has 8 heteroatoms. The molecule has 2 aliphatic rings. The third-order valence-electron chi connectivity index (χ3n) is 5.81. The van der Waals surface area contributed by atoms with E-state index >= 15 is 0 Å². The minimum atomic E-state index is -0.585. The van der Waals surface area contributed by atoms with E-state index in [1.807, 2.05) is 53.9 Å². The molecule has 1 amide bonds. The Labute approximate surface area is 193 Å². The zero-order chi connectivity index (χ0) is 22.4. The molecule has 2 heterocycles. The summed E-state index contributed by atoms with van der Waals surface area (Å²) in [4.78, 5) is 39.9. The number of amides is 1. The van der Waals surface area contributed by atoms with Crippen LogP contribution in [0.4, 0.5) is 0 Å². The van der Waals surface area contributed by atoms with E-state index in [1.165, 1.54) is 0 Å². The van der Waals surface area contributed by atoms with E-state index in [9.17, 15) is 14.4 Å². The summed E-state index contributed by atoms with van der Waals surface area (Å²) in [6.45, 7) is 5.98. The van der Waals surface area contributed by atoms with E-state index in [2.05, 4.69) is 5.32 Å². The van der Waals surface area contributed by atoms with Gasteiger partial charge < -0.3 is 9.64 Å². The van der Waals surface area contributed by atoms with Crippen LogP contribution in [0.3, 0.4) is 0 Å². The highest BCUT2D eigenvalue weighted by Crippen LogP contribution is 2.51. The normalized spacial score (nSPS) is 21.8. The molecule has 6 nitrogen and oxygen atoms in total. The average molecular weight is 465 g/mol. The first kappa shape index (κ1) is 24.1. The Kier molecular flexibility index (Phi) is 8.47. The molecular weight excluding hydrogens is 432 g/mol. The molecule has 3 atom stereocenters. The highest BCUT2D eigenvalue weighted by molar-refractivity contribution is 8.21. The zero-order valence-electron chi connectivity index (χ0n) is 18.5. The maximum atomic E-state index is 13.3. The fourth-order valence-electron chi connectivity index (χ4n) is 4.23. The van der Waals surface area contributed by atoms with Gasteiger partial charge in [0.05, 0.1) is 22.8 Å². The van der Waals surface area contributed by atoms with Crippen molar-refractivity contribution in [2.24, 2.45) is 0 Å². The lowest BCUT2D eigenvalue weighted by molar-refractivity contribution is -0.147. The number of esters is 1. The minimum absolute atomic E-state index is 0.0246. The number of benzene rings is 1. The Morgan fingerprint density at radius 1 is 1.23 bits per heavy atom. The molecule has 0 unspecified atom stereocenters. The molecule has 31 heavy (non-hydrogen) atoms. The molecule has 1 N–H and O–H groups in total. The van der Waals surface area contributed by atoms with Gasteiger partial charge in [0.15, 0.2) is 5.78 Å². The van der Waals surface area contributed by atoms with Crippen molar-refractivity contribution in [1.29, 1.82) is 0 Å². The molecule has 0 bridgehead atoms. The van der Waals surface area contributed by atoms with Gasteiger partial charge in [-0.1, -0.05) is 30.3 Å². The number of hydrogen-bond acceptors (Lipinski definition) is 7. The SMILES string of the molecule is CCOC(=O)[C@H](CCc1ccccc1)N[C@@H](C)C(=O)N1CC2(C[C@H]1C(C)=O)SCCS2. The molecule has 0 radical (unpaired) electrons. The van der Waals surface area contributed by atoms with E-state index in [-0.39, 0.29) is 27.8 Å². The van der Waals surface area contributed by atoms with Crippen molar-refractivity contribution in [3.05, 3.63) is 35.9 Å². The monoisotopic (exact) mass is 464 g/mol. The fraction of sp³-hybridized carbons (Fsp3) is 0.609. The van der Waals surface area contributed by atoms with Crippen LogP contribution in [0.5, 0.6) is 0 Å². The molecule has 0 saturated carbocycles. The van der Waals surface area contributed by atoms with E-state index < -0.39 is 12.1 Å². The maximum Gasteiger partial charge on any atom is 0.323 e. The number of Topliss-reactive ketones (excluding diaryl/α,β-unsaturated/α-hetero) is 1. The molecule has 2 aliphatic heterocycles. The second-order valence-corrected chi connectivity index (χ2v) is 11.3. The smallest absolute Gasteiger partial charge is 0.323 e. The fourth-order valence-corrected chi connectivity index (χ4v) is 7.49. The van der Waals surface area contributed by atoms with Gasteiger partial charge in [-0.25, -0.2) is 0 Å². The number of rotatable bonds is 9. The van der Waals surface area contributed by atoms with Gasteiger partial charge in [-0.15, -0.1) is 23.5 Å². The highest BCUT2D eigenvalue weighted by atomic mass is 32.2. The second kappa shape index (κ2) is 10.9. The predicted molar refractivity (Wildman–Crippen MR) is 126 cm³/mol. The lowest BCUT2D eigenvalue weighted by Gasteiger charge is -2.29. The summed E-state index contributed by atoms with van der Waals surface area (Å²) < 4.78 is 5.18. The number of nitrogens with zero attached hydrogens (tertiary/aromatic N) is 1. The van der Waals surface area contributed by atoms with E-state index in [4.69, 9.17) is 4.74 Å². The highest BCUT2D eigenvalue weighted by Gasteiger charge is 2.50. The summed E-state index contributed by atoms with van der Waals surface area (Å²) in [5.74, 6) is 1.65. The van der Waals surface area contributed by atoms with Gasteiger partial charge >= 0.3 is 5.97 Å². The number of carbonyl (C=O) groups excluding carboxylic acids is 3. The van der Waals surface area contributed by atoms with Crippen LogP contribution in [0.15, 0.2) is 30.3 Å². The first-order valence-corrected chi connectivity index (χ1v) is 12.9. The van der Waals surface area contributed by atoms with Crippen molar-refractivity contribution in [3.8, 4) is 0 Å². The molecule has 2 fully saturated rings. The third-order valence-corrected chi connectivity index (χ3v) is 9.24. The van der Waals surface area contributed by atoms with Gasteiger partial charge in [0.25, 0.3) is 0 Å². The van der Waals surface area contributed by atoms with E-state index in [1.54, 1.807) is 25.7 Å². The van der Waals surface area contributed by atoms with Gasteiger partial charge in [-0.2, -0.15) is 0 Å². The topological polar surface area (TPSA) is 75.7 Å². The standard InChI is InChI=1S/C23H32N2O4S2/c1-4-29-22(28)19(11-10-18-8-6-5-7-9-18)24-16(2)21(27)25-15-23(30-12-13-31-23)14-20(25)17(3)26/h5-9,16,19-20,24H,4,10-15H2,1-3H3/t16-,19-,20-/m0/s1. The van der Waals surface area contributed by atoms with Crippen LogP contribution < -0.4 is 5.32 Å². The van der Waals surface area contributed by atoms with Crippen LogP contribution in [0, 0.1) is 0 Å². The number of nitrogens with one attached hydrogen (secondary N) is 1. The second-order valence-electron chi connectivity index (χ2n) is 8.12. The minimum Gasteiger partial charge on any atom is -0.465 e. The Morgan fingerprint density at radius 2 is 1.90 bits per heavy atom. The van der Waals surface area contributed by atoms with Gasteiger partial charge in [0.1, 0.15) is 6.04 Å². The number of carbonyl (C=O) groups is 3. The number of aryl methyl sites for hydroxylation is 1. The first-order chi connectivity index (χ1) is 14.8. The summed E-state index contributed by atoms with van der Waals surface area (Å²) in [6, 6.07) is 8.39. The summed E-state index contributed by atoms with van der Waals surface area (Å²) in [5, 5.41) is 3.20. The Balaban J connectivity index is 1.67. The molecule has 3 rings (SSSR count). The van der Waals surface area contributed by atoms with Crippen LogP contribution in [0.1, 0.15) is 39.2 Å². The lowest BCUT2D eigenvalue weighted by atomic mass is 10.0. The number of ketones is 1. The zero-order valence-corrected chi connectivity index (χ0v) is 20.1. The van der Waals surface area contributed by atoms with Gasteiger partial charge in [-0.3, -0.25) is 19.7 Å². The largest absolute Gasteiger partial charge is 0.465 e. The summed E-state index contributed by atoms with van der Waals surface area (Å²) in [7, 11) is 0. The molecule has 1 aromatic carbocycles. The van der Waals surface area contributed by atoms with Crippen molar-refractivity contribution < 1.29 is 19.1 Å². The quantitative estimate of drug-likeness (QED) is 0.563. The van der Waals surface area contributed by atoms with Crippen LogP contribution in [-0.4, -0.2) is 69.4 Å². The maximum absolute atomic E-state index is 13.3. The molecule has 1 aromatic rings. The number of likely N-dealkylation sites (tertiary alicyclic amines) is 1. The van der Waals surface area contributed by atoms with Crippen molar-refractivity contribution in [2.75, 3.05) is 24.7 Å². The van der Waals surface area contributed by atoms with Crippen LogP contribution in [0.25, 0.3) is 0 Å². The third kappa shape index (κ3) is 6.05. The van der Waals surface area contributed by atoms with Crippen LogP contribution >= 0.6 is 23.5 Å². The van der Waals surface area contributed by atoms with Crippen molar-refractivity contribution in [3.63, 3.8) is 0 Å². The van der Waals surface area contributed by atoms with Gasteiger partial charge in [0.2, 0.25) is 5.91 Å². The average Bonchev–Trinajstić information content (AvgIpc) is 3.38. The van der Waals surface area contributed by atoms with Crippen molar-refractivity contribution >= 4 is 41.2 Å². The van der Waals surface area contributed by atoms with Gasteiger partial charge in [-0.05, 0) is 39.2 Å². The summed E-state index contributed by atoms with van der Waals surface area (Å²) in [5.41, 5.74) is 1.13. The Bertz CT molecular complexity index is 783. The molecule has 2 saturated heterocycles. The number of thioether (sulfide) groups is 2. The lowest BCUT2D eigenvalue weighted by Crippen LogP contribution is -2.53. The number of hydrogen-bond donors (Lipinski definition) is 1. The molecular formula is C23H32N2O4S2. The van der Waals surface area contributed by atoms with E-state index in [0.717, 1.165) is 17.1 Å². The number of ether oxygens (including phenoxy) is 1. The summed E-state index contributed by atoms with van der Waals surface area (Å²) in [6.07, 6.45) is 1.94. The van der Waals surface area contributed by atoms with Crippen LogP contribution in [0.2, 0.25) is 0 Å². The summed E-state index contributed by atoms with van der Waals surface area (Å²) >= 11 is 3.72. The Morgan fingerprint density at radius 3 is 2.52 bits per heavy atom. The molecule has 0 aliphatic carbocycles. The Hall–Kier alpha value is -1.51. The van der Waals surface area contributed by atoms with Crippen molar-refractivity contribution in [1.82, 2.24) is 10.2 Å². The van der Waals surface area contributed by atoms with Gasteiger partial charge in [0, 0.05) is 24.5 Å². The molecule has 1 spiro atoms.